The molecular weight excluding hydrogens is 436 g/mol. The molecule has 3 aromatic rings. The highest BCUT2D eigenvalue weighted by molar-refractivity contribution is 7.88. The van der Waals surface area contributed by atoms with Gasteiger partial charge in [0.05, 0.1) is 23.7 Å². The number of fused-ring (bicyclic) bond motifs is 1. The summed E-state index contributed by atoms with van der Waals surface area (Å²) in [7, 11) is -3.19. The van der Waals surface area contributed by atoms with Crippen LogP contribution < -0.4 is 15.2 Å². The third kappa shape index (κ3) is 5.28. The molecule has 8 heteroatoms. The lowest BCUT2D eigenvalue weighted by molar-refractivity contribution is 0.545. The molecule has 1 aliphatic heterocycles. The van der Waals surface area contributed by atoms with Gasteiger partial charge >= 0.3 is 0 Å². The van der Waals surface area contributed by atoms with Gasteiger partial charge in [-0.05, 0) is 66.1 Å². The number of aryl methyl sites for hydroxylation is 1. The molecule has 0 unspecified atom stereocenters. The van der Waals surface area contributed by atoms with Crippen molar-refractivity contribution in [1.29, 1.82) is 0 Å². The number of hydrogen-bond acceptors (Lipinski definition) is 5. The minimum Gasteiger partial charge on any atom is -0.370 e. The summed E-state index contributed by atoms with van der Waals surface area (Å²) in [6.07, 6.45) is 4.02. The van der Waals surface area contributed by atoms with Crippen LogP contribution in [0.4, 0.5) is 5.69 Å². The lowest BCUT2D eigenvalue weighted by Gasteiger charge is -2.24. The summed E-state index contributed by atoms with van der Waals surface area (Å²) in [6, 6.07) is 10.0. The van der Waals surface area contributed by atoms with E-state index in [9.17, 15) is 13.2 Å². The number of pyridine rings is 2. The van der Waals surface area contributed by atoms with Gasteiger partial charge in [-0.15, -0.1) is 0 Å². The molecule has 4 rings (SSSR count). The van der Waals surface area contributed by atoms with Crippen molar-refractivity contribution < 1.29 is 8.42 Å². The summed E-state index contributed by atoms with van der Waals surface area (Å²) in [5.74, 6) is 0.262. The lowest BCUT2D eigenvalue weighted by atomic mass is 9.83. The monoisotopic (exact) mass is 468 g/mol. The molecule has 1 aromatic carbocycles. The van der Waals surface area contributed by atoms with Crippen LogP contribution in [0.15, 0.2) is 41.3 Å². The van der Waals surface area contributed by atoms with E-state index in [2.05, 4.69) is 47.5 Å². The molecule has 0 spiro atoms. The number of hydrogen-bond donors (Lipinski definition) is 2. The van der Waals surface area contributed by atoms with Crippen molar-refractivity contribution in [3.05, 3.63) is 58.1 Å². The Morgan fingerprint density at radius 3 is 2.64 bits per heavy atom. The third-order valence-corrected chi connectivity index (χ3v) is 6.92. The molecular formula is C25H32N4O3S. The van der Waals surface area contributed by atoms with Gasteiger partial charge in [-0.1, -0.05) is 20.8 Å². The number of aromatic amines is 1. The molecule has 1 atom stereocenters. The highest BCUT2D eigenvalue weighted by atomic mass is 32.2. The van der Waals surface area contributed by atoms with E-state index in [4.69, 9.17) is 4.98 Å². The number of anilines is 1. The molecule has 1 fully saturated rings. The Bertz CT molecular complexity index is 1360. The molecule has 7 nitrogen and oxygen atoms in total. The Balaban J connectivity index is 1.73. The Morgan fingerprint density at radius 1 is 1.21 bits per heavy atom. The molecule has 2 aromatic heterocycles. The van der Waals surface area contributed by atoms with Gasteiger partial charge < -0.3 is 9.88 Å². The first-order valence-electron chi connectivity index (χ1n) is 11.2. The van der Waals surface area contributed by atoms with Gasteiger partial charge in [-0.3, -0.25) is 9.78 Å². The van der Waals surface area contributed by atoms with Crippen molar-refractivity contribution in [3.8, 4) is 11.1 Å². The van der Waals surface area contributed by atoms with Crippen LogP contribution in [0.5, 0.6) is 0 Å². The average Bonchev–Trinajstić information content (AvgIpc) is 3.19. The number of benzene rings is 1. The number of rotatable bonds is 5. The molecule has 0 saturated carbocycles. The predicted octanol–water partition coefficient (Wildman–Crippen LogP) is 3.57. The summed E-state index contributed by atoms with van der Waals surface area (Å²) < 4.78 is 25.5. The van der Waals surface area contributed by atoms with Gasteiger partial charge in [0.2, 0.25) is 10.0 Å². The van der Waals surface area contributed by atoms with E-state index < -0.39 is 10.0 Å². The minimum absolute atomic E-state index is 0.0981. The number of sulfonamides is 1. The summed E-state index contributed by atoms with van der Waals surface area (Å²) in [5.41, 5.74) is 5.16. The molecule has 2 N–H and O–H groups in total. The molecule has 0 radical (unpaired) electrons. The van der Waals surface area contributed by atoms with Crippen molar-refractivity contribution in [2.45, 2.75) is 39.5 Å². The second kappa shape index (κ2) is 8.57. The largest absolute Gasteiger partial charge is 0.370 e. The van der Waals surface area contributed by atoms with Gasteiger partial charge in [-0.2, -0.15) is 0 Å². The Morgan fingerprint density at radius 2 is 1.97 bits per heavy atom. The maximum atomic E-state index is 12.7. The zero-order valence-corrected chi connectivity index (χ0v) is 20.7. The zero-order valence-electron chi connectivity index (χ0n) is 19.9. The quantitative estimate of drug-likeness (QED) is 0.597. The Labute approximate surface area is 195 Å². The molecule has 0 aliphatic carbocycles. The lowest BCUT2D eigenvalue weighted by Crippen LogP contribution is -2.30. The number of H-pyrrole nitrogens is 1. The molecule has 176 valence electrons. The zero-order chi connectivity index (χ0) is 24.0. The summed E-state index contributed by atoms with van der Waals surface area (Å²) >= 11 is 0. The van der Waals surface area contributed by atoms with Crippen LogP contribution >= 0.6 is 0 Å². The van der Waals surface area contributed by atoms with Crippen LogP contribution in [0, 0.1) is 12.8 Å². The van der Waals surface area contributed by atoms with Gasteiger partial charge in [0.15, 0.2) is 0 Å². The molecule has 0 amide bonds. The highest BCUT2D eigenvalue weighted by Crippen LogP contribution is 2.35. The van der Waals surface area contributed by atoms with Gasteiger partial charge in [-0.25, -0.2) is 13.1 Å². The second-order valence-corrected chi connectivity index (χ2v) is 12.0. The Kier molecular flexibility index (Phi) is 6.09. The smallest absolute Gasteiger partial charge is 0.256 e. The van der Waals surface area contributed by atoms with Crippen LogP contribution in [0.25, 0.3) is 22.0 Å². The van der Waals surface area contributed by atoms with Crippen LogP contribution in [0.3, 0.4) is 0 Å². The molecule has 1 aliphatic rings. The maximum absolute atomic E-state index is 12.7. The van der Waals surface area contributed by atoms with E-state index in [1.807, 2.05) is 31.3 Å². The normalized spacial score (nSPS) is 17.1. The van der Waals surface area contributed by atoms with E-state index in [1.165, 1.54) is 6.26 Å². The minimum atomic E-state index is -3.19. The Hall–Kier alpha value is -2.71. The number of nitrogens with one attached hydrogen (secondary N) is 2. The summed E-state index contributed by atoms with van der Waals surface area (Å²) in [4.78, 5) is 22.6. The highest BCUT2D eigenvalue weighted by Gasteiger charge is 2.25. The first-order valence-corrected chi connectivity index (χ1v) is 13.1. The van der Waals surface area contributed by atoms with Crippen LogP contribution in [0.1, 0.15) is 38.4 Å². The maximum Gasteiger partial charge on any atom is 0.256 e. The fraction of sp³-hybridized carbons (Fsp3) is 0.440. The molecule has 1 saturated heterocycles. The van der Waals surface area contributed by atoms with Crippen LogP contribution in [0.2, 0.25) is 0 Å². The van der Waals surface area contributed by atoms with Crippen molar-refractivity contribution >= 4 is 26.6 Å². The first kappa shape index (κ1) is 23.4. The first-order chi connectivity index (χ1) is 15.4. The van der Waals surface area contributed by atoms with Crippen molar-refractivity contribution in [3.63, 3.8) is 0 Å². The van der Waals surface area contributed by atoms with E-state index in [-0.39, 0.29) is 16.9 Å². The standard InChI is InChI=1S/C25H32N4O3S/c1-16-6-7-21(24(30)28-16)18-10-19-11-20(14-26-23(19)22(12-18)25(2,3)4)29-9-8-17(15-29)13-27-33(5,31)32/h6-7,10-12,14,17,27H,8-9,13,15H2,1-5H3,(H,28,30)/t17-/m1/s1. The van der Waals surface area contributed by atoms with E-state index in [1.54, 1.807) is 0 Å². The van der Waals surface area contributed by atoms with Crippen molar-refractivity contribution in [1.82, 2.24) is 14.7 Å². The van der Waals surface area contributed by atoms with E-state index >= 15 is 0 Å². The third-order valence-electron chi connectivity index (χ3n) is 6.23. The van der Waals surface area contributed by atoms with Crippen LogP contribution in [-0.4, -0.2) is 44.3 Å². The van der Waals surface area contributed by atoms with Gasteiger partial charge in [0.1, 0.15) is 0 Å². The second-order valence-electron chi connectivity index (χ2n) is 10.1. The molecule has 0 bridgehead atoms. The topological polar surface area (TPSA) is 95.2 Å². The van der Waals surface area contributed by atoms with Crippen LogP contribution in [-0.2, 0) is 15.4 Å². The fourth-order valence-electron chi connectivity index (χ4n) is 4.44. The summed E-state index contributed by atoms with van der Waals surface area (Å²) in [5, 5.41) is 0.993. The van der Waals surface area contributed by atoms with Gasteiger partial charge in [0, 0.05) is 36.3 Å². The van der Waals surface area contributed by atoms with E-state index in [0.29, 0.717) is 12.1 Å². The SMILES string of the molecule is Cc1ccc(-c2cc(C(C)(C)C)c3ncc(N4CC[C@H](CNS(C)(=O)=O)C4)cc3c2)c(=O)[nH]1. The number of aromatic nitrogens is 2. The van der Waals surface area contributed by atoms with E-state index in [0.717, 1.165) is 52.9 Å². The number of nitrogens with zero attached hydrogens (tertiary/aromatic N) is 2. The summed E-state index contributed by atoms with van der Waals surface area (Å²) in [6.45, 7) is 10.4. The van der Waals surface area contributed by atoms with Crippen molar-refractivity contribution in [2.24, 2.45) is 5.92 Å². The molecule has 33 heavy (non-hydrogen) atoms. The molecule has 3 heterocycles. The predicted molar refractivity (Wildman–Crippen MR) is 134 cm³/mol. The van der Waals surface area contributed by atoms with Crippen molar-refractivity contribution in [2.75, 3.05) is 30.8 Å². The average molecular weight is 469 g/mol. The van der Waals surface area contributed by atoms with Gasteiger partial charge in [0.25, 0.3) is 5.56 Å². The fourth-order valence-corrected chi connectivity index (χ4v) is 4.98.